The number of hydrogen-bond donors (Lipinski definition) is 0. The number of methoxy groups -OCH3 is 1. The van der Waals surface area contributed by atoms with Crippen molar-refractivity contribution in [3.63, 3.8) is 0 Å². The van der Waals surface area contributed by atoms with E-state index in [1.165, 1.54) is 0 Å². The van der Waals surface area contributed by atoms with Crippen LogP contribution in [0, 0.1) is 18.6 Å². The lowest BCUT2D eigenvalue weighted by molar-refractivity contribution is 0.383. The molecule has 0 saturated carbocycles. The molecule has 0 aliphatic rings. The van der Waals surface area contributed by atoms with Crippen LogP contribution in [0.4, 0.5) is 8.78 Å². The van der Waals surface area contributed by atoms with Crippen molar-refractivity contribution in [2.75, 3.05) is 7.11 Å². The van der Waals surface area contributed by atoms with Crippen molar-refractivity contribution >= 4 is 5.65 Å². The summed E-state index contributed by atoms with van der Waals surface area (Å²) in [6.45, 7) is 4.27. The first-order valence-electron chi connectivity index (χ1n) is 8.90. The third-order valence-electron chi connectivity index (χ3n) is 4.63. The van der Waals surface area contributed by atoms with Gasteiger partial charge in [0.05, 0.1) is 24.9 Å². The Morgan fingerprint density at radius 2 is 2.00 bits per heavy atom. The van der Waals surface area contributed by atoms with Gasteiger partial charge in [0.1, 0.15) is 17.5 Å². The van der Waals surface area contributed by atoms with E-state index in [2.05, 4.69) is 15.1 Å². The lowest BCUT2D eigenvalue weighted by Gasteiger charge is -2.08. The molecule has 144 valence electrons. The fourth-order valence-corrected chi connectivity index (χ4v) is 3.34. The molecule has 0 saturated heterocycles. The maximum Gasteiger partial charge on any atom is 0.217 e. The minimum Gasteiger partial charge on any atom is -0.481 e. The predicted molar refractivity (Wildman–Crippen MR) is 100 cm³/mol. The Morgan fingerprint density at radius 3 is 2.75 bits per heavy atom. The lowest BCUT2D eigenvalue weighted by Crippen LogP contribution is -2.05. The van der Waals surface area contributed by atoms with Crippen LogP contribution in [0.3, 0.4) is 0 Å². The van der Waals surface area contributed by atoms with Gasteiger partial charge in [-0.05, 0) is 31.5 Å². The first-order valence-corrected chi connectivity index (χ1v) is 8.90. The molecule has 0 radical (unpaired) electrons. The summed E-state index contributed by atoms with van der Waals surface area (Å²) in [7, 11) is 1.59. The van der Waals surface area contributed by atoms with E-state index < -0.39 is 11.6 Å². The first-order chi connectivity index (χ1) is 13.5. The molecule has 0 unspecified atom stereocenters. The largest absolute Gasteiger partial charge is 0.481 e. The molecule has 0 aliphatic carbocycles. The van der Waals surface area contributed by atoms with Gasteiger partial charge in [-0.3, -0.25) is 0 Å². The number of halogens is 2. The lowest BCUT2D eigenvalue weighted by atomic mass is 10.1. The summed E-state index contributed by atoms with van der Waals surface area (Å²) in [6, 6.07) is 5.15. The summed E-state index contributed by atoms with van der Waals surface area (Å²) in [4.78, 5) is 8.82. The standard InChI is InChI=1S/C20H19F2N5O/c1-4-14-17(25-27-18(28-3)9-12(2)24-20(14)27)11-26-8-7-23-19(26)15-10-13(21)5-6-16(15)22/h5-10H,4,11H2,1-3H3. The Balaban J connectivity index is 1.82. The predicted octanol–water partition coefficient (Wildman–Crippen LogP) is 3.80. The van der Waals surface area contributed by atoms with Gasteiger partial charge >= 0.3 is 0 Å². The summed E-state index contributed by atoms with van der Waals surface area (Å²) >= 11 is 0. The van der Waals surface area contributed by atoms with Crippen LogP contribution in [0.1, 0.15) is 23.9 Å². The fraction of sp³-hybridized carbons (Fsp3) is 0.250. The number of imidazole rings is 1. The molecule has 0 atom stereocenters. The molecule has 28 heavy (non-hydrogen) atoms. The number of hydrogen-bond acceptors (Lipinski definition) is 4. The minimum atomic E-state index is -0.529. The molecule has 3 aromatic heterocycles. The van der Waals surface area contributed by atoms with Gasteiger partial charge in [-0.15, -0.1) is 0 Å². The molecule has 4 rings (SSSR count). The minimum absolute atomic E-state index is 0.110. The Kier molecular flexibility index (Phi) is 4.54. The average molecular weight is 383 g/mol. The van der Waals surface area contributed by atoms with Crippen LogP contribution in [0.5, 0.6) is 5.88 Å². The Bertz CT molecular complexity index is 1170. The second kappa shape index (κ2) is 7.03. The molecule has 0 fully saturated rings. The highest BCUT2D eigenvalue weighted by molar-refractivity contribution is 5.57. The third kappa shape index (κ3) is 3.00. The van der Waals surface area contributed by atoms with Gasteiger partial charge < -0.3 is 9.30 Å². The quantitative estimate of drug-likeness (QED) is 0.526. The van der Waals surface area contributed by atoms with Crippen LogP contribution in [0.25, 0.3) is 17.0 Å². The van der Waals surface area contributed by atoms with E-state index in [0.717, 1.165) is 47.2 Å². The van der Waals surface area contributed by atoms with Crippen LogP contribution in [-0.2, 0) is 13.0 Å². The number of fused-ring (bicyclic) bond motifs is 1. The van der Waals surface area contributed by atoms with Gasteiger partial charge in [0, 0.05) is 29.7 Å². The molecule has 4 aromatic rings. The summed E-state index contributed by atoms with van der Waals surface area (Å²) in [5.74, 6) is -0.117. The summed E-state index contributed by atoms with van der Waals surface area (Å²) in [5, 5.41) is 4.66. The van der Waals surface area contributed by atoms with Crippen LogP contribution in [-0.4, -0.2) is 31.3 Å². The first kappa shape index (κ1) is 18.1. The van der Waals surface area contributed by atoms with Crippen molar-refractivity contribution < 1.29 is 13.5 Å². The number of benzene rings is 1. The molecule has 0 spiro atoms. The van der Waals surface area contributed by atoms with Gasteiger partial charge in [-0.1, -0.05) is 6.92 Å². The highest BCUT2D eigenvalue weighted by Crippen LogP contribution is 2.26. The van der Waals surface area contributed by atoms with Crippen LogP contribution in [0.2, 0.25) is 0 Å². The number of nitrogens with zero attached hydrogens (tertiary/aromatic N) is 5. The highest BCUT2D eigenvalue weighted by atomic mass is 19.1. The highest BCUT2D eigenvalue weighted by Gasteiger charge is 2.19. The Hall–Kier alpha value is -3.29. The van der Waals surface area contributed by atoms with Gasteiger partial charge in [-0.25, -0.2) is 18.7 Å². The van der Waals surface area contributed by atoms with Gasteiger partial charge in [0.25, 0.3) is 0 Å². The van der Waals surface area contributed by atoms with Gasteiger partial charge in [0.15, 0.2) is 5.65 Å². The SMILES string of the molecule is CCc1c(Cn2ccnc2-c2cc(F)ccc2F)nn2c(OC)cc(C)nc12. The van der Waals surface area contributed by atoms with Crippen LogP contribution in [0.15, 0.2) is 36.7 Å². The second-order valence-corrected chi connectivity index (χ2v) is 6.46. The van der Waals surface area contributed by atoms with Crippen molar-refractivity contribution in [2.45, 2.75) is 26.8 Å². The van der Waals surface area contributed by atoms with E-state index in [-0.39, 0.29) is 5.56 Å². The summed E-state index contributed by atoms with van der Waals surface area (Å²) in [6.07, 6.45) is 4.00. The topological polar surface area (TPSA) is 57.2 Å². The average Bonchev–Trinajstić information content (AvgIpc) is 3.27. The number of ether oxygens (including phenoxy) is 1. The van der Waals surface area contributed by atoms with E-state index in [9.17, 15) is 8.78 Å². The molecule has 0 amide bonds. The number of rotatable bonds is 5. The van der Waals surface area contributed by atoms with Crippen molar-refractivity contribution in [1.82, 2.24) is 24.1 Å². The summed E-state index contributed by atoms with van der Waals surface area (Å²) in [5.41, 5.74) is 3.42. The maximum absolute atomic E-state index is 14.2. The molecule has 3 heterocycles. The van der Waals surface area contributed by atoms with Gasteiger partial charge in [-0.2, -0.15) is 9.61 Å². The molecule has 8 heteroatoms. The molecule has 1 aromatic carbocycles. The van der Waals surface area contributed by atoms with Crippen molar-refractivity contribution in [1.29, 1.82) is 0 Å². The van der Waals surface area contributed by atoms with E-state index in [4.69, 9.17) is 4.74 Å². The maximum atomic E-state index is 14.2. The van der Waals surface area contributed by atoms with E-state index >= 15 is 0 Å². The van der Waals surface area contributed by atoms with E-state index in [1.807, 2.05) is 19.9 Å². The van der Waals surface area contributed by atoms with Crippen molar-refractivity contribution in [3.8, 4) is 17.3 Å². The molecule has 0 bridgehead atoms. The van der Waals surface area contributed by atoms with Crippen LogP contribution < -0.4 is 4.74 Å². The molecular weight excluding hydrogens is 364 g/mol. The third-order valence-corrected chi connectivity index (χ3v) is 4.63. The zero-order chi connectivity index (χ0) is 19.8. The van der Waals surface area contributed by atoms with Crippen LogP contribution >= 0.6 is 0 Å². The zero-order valence-electron chi connectivity index (χ0n) is 15.8. The van der Waals surface area contributed by atoms with E-state index in [1.54, 1.807) is 28.6 Å². The number of aromatic nitrogens is 5. The zero-order valence-corrected chi connectivity index (χ0v) is 15.8. The Morgan fingerprint density at radius 1 is 1.18 bits per heavy atom. The Labute approximate surface area is 160 Å². The molecule has 6 nitrogen and oxygen atoms in total. The van der Waals surface area contributed by atoms with Crippen molar-refractivity contribution in [2.24, 2.45) is 0 Å². The monoisotopic (exact) mass is 383 g/mol. The second-order valence-electron chi connectivity index (χ2n) is 6.46. The fourth-order valence-electron chi connectivity index (χ4n) is 3.34. The molecular formula is C20H19F2N5O. The normalized spacial score (nSPS) is 11.3. The van der Waals surface area contributed by atoms with Crippen molar-refractivity contribution in [3.05, 3.63) is 65.2 Å². The molecule has 0 N–H and O–H groups in total. The molecule has 0 aliphatic heterocycles. The van der Waals surface area contributed by atoms with E-state index in [0.29, 0.717) is 18.2 Å². The summed E-state index contributed by atoms with van der Waals surface area (Å²) < 4.78 is 36.7. The van der Waals surface area contributed by atoms with Gasteiger partial charge in [0.2, 0.25) is 5.88 Å². The number of aryl methyl sites for hydroxylation is 2. The smallest absolute Gasteiger partial charge is 0.217 e.